The van der Waals surface area contributed by atoms with Crippen LogP contribution in [0.4, 0.5) is 11.4 Å². The molecule has 6 heteroatoms. The van der Waals surface area contributed by atoms with Gasteiger partial charge in [0.15, 0.2) is 0 Å². The summed E-state index contributed by atoms with van der Waals surface area (Å²) in [5.74, 6) is 0.0352. The molecule has 0 aliphatic carbocycles. The van der Waals surface area contributed by atoms with Crippen LogP contribution in [0.5, 0.6) is 0 Å². The maximum Gasteiger partial charge on any atom is 0.241 e. The fraction of sp³-hybridized carbons (Fsp3) is 0.556. The Hall–Kier alpha value is -2.08. The molecule has 24 heavy (non-hydrogen) atoms. The van der Waals surface area contributed by atoms with Gasteiger partial charge in [0.25, 0.3) is 0 Å². The highest BCUT2D eigenvalue weighted by Gasteiger charge is 2.12. The Morgan fingerprint density at radius 2 is 1.83 bits per heavy atom. The number of likely N-dealkylation sites (N-methyl/N-ethyl adjacent to an activating group) is 1. The summed E-state index contributed by atoms with van der Waals surface area (Å²) in [4.78, 5) is 27.6. The van der Waals surface area contributed by atoms with Gasteiger partial charge in [-0.25, -0.2) is 0 Å². The Bertz CT molecular complexity index is 554. The summed E-state index contributed by atoms with van der Waals surface area (Å²) in [5.41, 5.74) is 1.57. The van der Waals surface area contributed by atoms with Crippen molar-refractivity contribution < 1.29 is 9.59 Å². The van der Waals surface area contributed by atoms with Crippen molar-refractivity contribution in [2.75, 3.05) is 50.9 Å². The predicted octanol–water partition coefficient (Wildman–Crippen LogP) is 2.00. The second-order valence-corrected chi connectivity index (χ2v) is 6.42. The molecule has 0 saturated carbocycles. The van der Waals surface area contributed by atoms with Crippen molar-refractivity contribution in [2.45, 2.75) is 25.7 Å². The van der Waals surface area contributed by atoms with Gasteiger partial charge in [0, 0.05) is 38.4 Å². The van der Waals surface area contributed by atoms with Gasteiger partial charge in [-0.15, -0.1) is 0 Å². The first-order valence-electron chi connectivity index (χ1n) is 8.61. The molecule has 1 heterocycles. The average Bonchev–Trinajstić information content (AvgIpc) is 2.59. The SMILES string of the molecule is CN(C)C(=O)CNc1cccc(NC(=O)CCN2CCCCC2)c1. The van der Waals surface area contributed by atoms with E-state index in [0.717, 1.165) is 31.0 Å². The maximum absolute atomic E-state index is 12.1. The van der Waals surface area contributed by atoms with E-state index in [0.29, 0.717) is 6.42 Å². The lowest BCUT2D eigenvalue weighted by atomic mass is 10.1. The lowest BCUT2D eigenvalue weighted by molar-refractivity contribution is -0.126. The van der Waals surface area contributed by atoms with Gasteiger partial charge in [-0.3, -0.25) is 9.59 Å². The summed E-state index contributed by atoms with van der Waals surface area (Å²) in [7, 11) is 3.45. The van der Waals surface area contributed by atoms with E-state index in [1.807, 2.05) is 24.3 Å². The van der Waals surface area contributed by atoms with Gasteiger partial charge >= 0.3 is 0 Å². The molecule has 0 aromatic heterocycles. The molecule has 2 amide bonds. The molecule has 1 aromatic rings. The van der Waals surface area contributed by atoms with E-state index in [4.69, 9.17) is 0 Å². The van der Waals surface area contributed by atoms with Crippen molar-refractivity contribution in [1.29, 1.82) is 0 Å². The summed E-state index contributed by atoms with van der Waals surface area (Å²) in [6, 6.07) is 7.45. The van der Waals surface area contributed by atoms with Gasteiger partial charge in [-0.2, -0.15) is 0 Å². The van der Waals surface area contributed by atoms with Crippen LogP contribution in [0.1, 0.15) is 25.7 Å². The van der Waals surface area contributed by atoms with E-state index in [9.17, 15) is 9.59 Å². The zero-order valence-electron chi connectivity index (χ0n) is 14.7. The highest BCUT2D eigenvalue weighted by molar-refractivity contribution is 5.91. The zero-order valence-corrected chi connectivity index (χ0v) is 14.7. The third-order valence-corrected chi connectivity index (χ3v) is 4.19. The number of hydrogen-bond donors (Lipinski definition) is 2. The van der Waals surface area contributed by atoms with E-state index in [1.165, 1.54) is 19.3 Å². The van der Waals surface area contributed by atoms with Gasteiger partial charge in [0.1, 0.15) is 0 Å². The van der Waals surface area contributed by atoms with Gasteiger partial charge in [-0.1, -0.05) is 12.5 Å². The number of hydrogen-bond acceptors (Lipinski definition) is 4. The molecule has 0 radical (unpaired) electrons. The van der Waals surface area contributed by atoms with E-state index in [1.54, 1.807) is 19.0 Å². The van der Waals surface area contributed by atoms with E-state index < -0.39 is 0 Å². The molecule has 1 fully saturated rings. The number of nitrogens with zero attached hydrogens (tertiary/aromatic N) is 2. The Labute approximate surface area is 144 Å². The summed E-state index contributed by atoms with van der Waals surface area (Å²) in [6.07, 6.45) is 4.29. The van der Waals surface area contributed by atoms with Crippen molar-refractivity contribution in [1.82, 2.24) is 9.80 Å². The average molecular weight is 332 g/mol. The first-order chi connectivity index (χ1) is 11.5. The zero-order chi connectivity index (χ0) is 17.4. The molecule has 0 atom stereocenters. The Morgan fingerprint density at radius 3 is 2.54 bits per heavy atom. The van der Waals surface area contributed by atoms with E-state index in [-0.39, 0.29) is 18.4 Å². The minimum absolute atomic E-state index is 0.00553. The van der Waals surface area contributed by atoms with Gasteiger partial charge in [0.2, 0.25) is 11.8 Å². The second kappa shape index (κ2) is 9.27. The number of rotatable bonds is 7. The van der Waals surface area contributed by atoms with Crippen molar-refractivity contribution in [3.8, 4) is 0 Å². The van der Waals surface area contributed by atoms with Crippen LogP contribution in [0.25, 0.3) is 0 Å². The molecule has 2 rings (SSSR count). The number of anilines is 2. The molecule has 1 aliphatic rings. The number of piperidine rings is 1. The Morgan fingerprint density at radius 1 is 1.12 bits per heavy atom. The maximum atomic E-state index is 12.1. The van der Waals surface area contributed by atoms with Crippen molar-refractivity contribution in [2.24, 2.45) is 0 Å². The van der Waals surface area contributed by atoms with Gasteiger partial charge < -0.3 is 20.4 Å². The number of likely N-dealkylation sites (tertiary alicyclic amines) is 1. The fourth-order valence-electron chi connectivity index (χ4n) is 2.71. The van der Waals surface area contributed by atoms with Gasteiger partial charge in [0.05, 0.1) is 6.54 Å². The highest BCUT2D eigenvalue weighted by atomic mass is 16.2. The first kappa shape index (κ1) is 18.3. The smallest absolute Gasteiger partial charge is 0.241 e. The number of carbonyl (C=O) groups is 2. The van der Waals surface area contributed by atoms with Crippen molar-refractivity contribution >= 4 is 23.2 Å². The van der Waals surface area contributed by atoms with Crippen LogP contribution in [0.15, 0.2) is 24.3 Å². The largest absolute Gasteiger partial charge is 0.376 e. The monoisotopic (exact) mass is 332 g/mol. The van der Waals surface area contributed by atoms with Crippen LogP contribution in [-0.2, 0) is 9.59 Å². The first-order valence-corrected chi connectivity index (χ1v) is 8.61. The van der Waals surface area contributed by atoms with Crippen LogP contribution < -0.4 is 10.6 Å². The molecule has 2 N–H and O–H groups in total. The molecule has 0 spiro atoms. The summed E-state index contributed by atoms with van der Waals surface area (Å²) in [5, 5.41) is 6.00. The summed E-state index contributed by atoms with van der Waals surface area (Å²) in [6.45, 7) is 3.26. The van der Waals surface area contributed by atoms with Gasteiger partial charge in [-0.05, 0) is 44.1 Å². The van der Waals surface area contributed by atoms with Crippen LogP contribution >= 0.6 is 0 Å². The standard InChI is InChI=1S/C18H28N4O2/c1-21(2)18(24)14-19-15-7-6-8-16(13-15)20-17(23)9-12-22-10-4-3-5-11-22/h6-8,13,19H,3-5,9-12,14H2,1-2H3,(H,20,23). The minimum Gasteiger partial charge on any atom is -0.376 e. The number of amides is 2. The lowest BCUT2D eigenvalue weighted by Crippen LogP contribution is -2.32. The quantitative estimate of drug-likeness (QED) is 0.802. The van der Waals surface area contributed by atoms with Crippen LogP contribution in [0.2, 0.25) is 0 Å². The molecular formula is C18H28N4O2. The Kier molecular flexibility index (Phi) is 7.06. The Balaban J connectivity index is 1.78. The number of carbonyl (C=O) groups excluding carboxylic acids is 2. The molecule has 0 unspecified atom stereocenters. The molecule has 1 saturated heterocycles. The molecule has 0 bridgehead atoms. The molecule has 1 aromatic carbocycles. The van der Waals surface area contributed by atoms with Crippen molar-refractivity contribution in [3.63, 3.8) is 0 Å². The summed E-state index contributed by atoms with van der Waals surface area (Å²) >= 11 is 0. The van der Waals surface area contributed by atoms with Crippen LogP contribution in [0.3, 0.4) is 0 Å². The second-order valence-electron chi connectivity index (χ2n) is 6.42. The molecule has 6 nitrogen and oxygen atoms in total. The van der Waals surface area contributed by atoms with E-state index in [2.05, 4.69) is 15.5 Å². The number of benzene rings is 1. The normalized spacial score (nSPS) is 14.9. The molecule has 132 valence electrons. The molecule has 1 aliphatic heterocycles. The third kappa shape index (κ3) is 6.20. The fourth-order valence-corrected chi connectivity index (χ4v) is 2.71. The lowest BCUT2D eigenvalue weighted by Gasteiger charge is -2.25. The number of nitrogens with one attached hydrogen (secondary N) is 2. The minimum atomic E-state index is 0.00553. The highest BCUT2D eigenvalue weighted by Crippen LogP contribution is 2.15. The third-order valence-electron chi connectivity index (χ3n) is 4.19. The molecular weight excluding hydrogens is 304 g/mol. The van der Waals surface area contributed by atoms with E-state index >= 15 is 0 Å². The topological polar surface area (TPSA) is 64.7 Å². The predicted molar refractivity (Wildman–Crippen MR) is 97.2 cm³/mol. The summed E-state index contributed by atoms with van der Waals surface area (Å²) < 4.78 is 0. The van der Waals surface area contributed by atoms with Crippen LogP contribution in [-0.4, -0.2) is 61.9 Å². The van der Waals surface area contributed by atoms with Crippen LogP contribution in [0, 0.1) is 0 Å². The van der Waals surface area contributed by atoms with Crippen molar-refractivity contribution in [3.05, 3.63) is 24.3 Å².